The molecule has 4 heteroatoms. The van der Waals surface area contributed by atoms with Gasteiger partial charge in [-0.15, -0.1) is 0 Å². The number of phenols is 2. The Labute approximate surface area is 141 Å². The van der Waals surface area contributed by atoms with Crippen LogP contribution >= 0.6 is 21.6 Å². The monoisotopic (exact) mass is 336 g/mol. The van der Waals surface area contributed by atoms with Gasteiger partial charge < -0.3 is 10.2 Å². The Morgan fingerprint density at radius 1 is 0.591 bits per heavy atom. The van der Waals surface area contributed by atoms with Crippen molar-refractivity contribution in [2.45, 2.75) is 51.3 Å². The minimum atomic E-state index is 0.371. The van der Waals surface area contributed by atoms with Crippen LogP contribution in [0.3, 0.4) is 0 Å². The van der Waals surface area contributed by atoms with E-state index in [0.717, 1.165) is 32.0 Å². The van der Waals surface area contributed by atoms with Crippen LogP contribution in [0, 0.1) is 27.7 Å². The second-order valence-corrected chi connectivity index (χ2v) is 7.25. The number of hydrogen-bond donors (Lipinski definition) is 2. The summed E-state index contributed by atoms with van der Waals surface area (Å²) in [5, 5.41) is 19.6. The van der Waals surface area contributed by atoms with Crippen LogP contribution in [0.15, 0.2) is 34.1 Å². The highest BCUT2D eigenvalue weighted by Crippen LogP contribution is 2.41. The topological polar surface area (TPSA) is 40.5 Å². The molecule has 22 heavy (non-hydrogen) atoms. The van der Waals surface area contributed by atoms with Gasteiger partial charge in [0.1, 0.15) is 11.5 Å². The molecule has 0 fully saturated rings. The fourth-order valence-corrected chi connectivity index (χ4v) is 4.27. The molecular weight excluding hydrogens is 312 g/mol. The molecule has 0 aromatic heterocycles. The highest BCUT2D eigenvalue weighted by Gasteiger charge is 2.07. The van der Waals surface area contributed by atoms with Crippen LogP contribution in [-0.2, 0) is 0 Å². The van der Waals surface area contributed by atoms with Gasteiger partial charge in [0.25, 0.3) is 0 Å². The summed E-state index contributed by atoms with van der Waals surface area (Å²) in [5.74, 6) is 0.742. The van der Waals surface area contributed by atoms with Crippen LogP contribution in [0.25, 0.3) is 0 Å². The summed E-state index contributed by atoms with van der Waals surface area (Å²) >= 11 is 0. The molecule has 0 aliphatic rings. The lowest BCUT2D eigenvalue weighted by Gasteiger charge is -2.09. The number of aromatic hydroxyl groups is 2. The molecular formula is C18H24O2S2. The Balaban J connectivity index is 0.00000116. The maximum absolute atomic E-state index is 9.78. The molecule has 0 radical (unpaired) electrons. The van der Waals surface area contributed by atoms with E-state index in [-0.39, 0.29) is 0 Å². The number of benzene rings is 2. The number of phenolic OH excluding ortho intramolecular Hbond substituents is 2. The summed E-state index contributed by atoms with van der Waals surface area (Å²) < 4.78 is 0. The summed E-state index contributed by atoms with van der Waals surface area (Å²) in [7, 11) is 3.32. The predicted molar refractivity (Wildman–Crippen MR) is 98.2 cm³/mol. The minimum Gasteiger partial charge on any atom is -0.507 e. The number of hydrogen-bond acceptors (Lipinski definition) is 4. The SMILES string of the molecule is CC.Cc1cc(SSc2cc(C)c(O)c(C)c2)cc(C)c1O. The zero-order valence-corrected chi connectivity index (χ0v) is 15.7. The van der Waals surface area contributed by atoms with Gasteiger partial charge >= 0.3 is 0 Å². The van der Waals surface area contributed by atoms with E-state index in [1.165, 1.54) is 0 Å². The Morgan fingerprint density at radius 2 is 0.818 bits per heavy atom. The average Bonchev–Trinajstić information content (AvgIpc) is 2.50. The third kappa shape index (κ3) is 4.62. The largest absolute Gasteiger partial charge is 0.507 e. The smallest absolute Gasteiger partial charge is 0.121 e. The Kier molecular flexibility index (Phi) is 7.17. The lowest BCUT2D eigenvalue weighted by atomic mass is 10.1. The molecule has 2 aromatic carbocycles. The first-order valence-electron chi connectivity index (χ1n) is 7.33. The normalized spacial score (nSPS) is 10.1. The third-order valence-corrected chi connectivity index (χ3v) is 5.51. The molecule has 2 rings (SSSR count). The minimum absolute atomic E-state index is 0.371. The van der Waals surface area contributed by atoms with Crippen LogP contribution in [0.2, 0.25) is 0 Å². The molecule has 0 aliphatic heterocycles. The van der Waals surface area contributed by atoms with Gasteiger partial charge in [0.2, 0.25) is 0 Å². The molecule has 0 spiro atoms. The van der Waals surface area contributed by atoms with Gasteiger partial charge in [-0.25, -0.2) is 0 Å². The Morgan fingerprint density at radius 3 is 1.05 bits per heavy atom. The van der Waals surface area contributed by atoms with E-state index in [1.54, 1.807) is 21.6 Å². The van der Waals surface area contributed by atoms with Gasteiger partial charge in [0, 0.05) is 9.79 Å². The highest BCUT2D eigenvalue weighted by atomic mass is 33.1. The molecule has 0 heterocycles. The van der Waals surface area contributed by atoms with E-state index < -0.39 is 0 Å². The van der Waals surface area contributed by atoms with Crippen molar-refractivity contribution in [3.8, 4) is 11.5 Å². The molecule has 2 nitrogen and oxygen atoms in total. The van der Waals surface area contributed by atoms with E-state index in [4.69, 9.17) is 0 Å². The van der Waals surface area contributed by atoms with Gasteiger partial charge in [-0.3, -0.25) is 0 Å². The fraction of sp³-hybridized carbons (Fsp3) is 0.333. The van der Waals surface area contributed by atoms with Gasteiger partial charge in [-0.1, -0.05) is 35.4 Å². The third-order valence-electron chi connectivity index (χ3n) is 3.16. The molecule has 120 valence electrons. The van der Waals surface area contributed by atoms with Crippen molar-refractivity contribution in [3.63, 3.8) is 0 Å². The second kappa shape index (κ2) is 8.39. The Hall–Kier alpha value is -1.26. The predicted octanol–water partition coefficient (Wildman–Crippen LogP) is 6.16. The first kappa shape index (κ1) is 18.8. The number of aryl methyl sites for hydroxylation is 4. The van der Waals surface area contributed by atoms with Crippen molar-refractivity contribution in [2.75, 3.05) is 0 Å². The maximum atomic E-state index is 9.78. The average molecular weight is 337 g/mol. The van der Waals surface area contributed by atoms with Crippen LogP contribution in [0.4, 0.5) is 0 Å². The number of rotatable bonds is 3. The van der Waals surface area contributed by atoms with E-state index >= 15 is 0 Å². The van der Waals surface area contributed by atoms with E-state index in [1.807, 2.05) is 65.8 Å². The van der Waals surface area contributed by atoms with Gasteiger partial charge in [0.05, 0.1) is 0 Å². The maximum Gasteiger partial charge on any atom is 0.121 e. The van der Waals surface area contributed by atoms with Gasteiger partial charge in [0.15, 0.2) is 0 Å². The van der Waals surface area contributed by atoms with Crippen molar-refractivity contribution >= 4 is 21.6 Å². The van der Waals surface area contributed by atoms with Crippen LogP contribution in [0.1, 0.15) is 36.1 Å². The molecule has 0 saturated heterocycles. The summed E-state index contributed by atoms with van der Waals surface area (Å²) in [6.45, 7) is 11.6. The molecule has 0 atom stereocenters. The summed E-state index contributed by atoms with van der Waals surface area (Å²) in [5.41, 5.74) is 3.58. The molecule has 0 bridgehead atoms. The van der Waals surface area contributed by atoms with Crippen molar-refractivity contribution < 1.29 is 10.2 Å². The molecule has 2 aromatic rings. The highest BCUT2D eigenvalue weighted by molar-refractivity contribution is 8.76. The summed E-state index contributed by atoms with van der Waals surface area (Å²) in [6, 6.07) is 7.94. The van der Waals surface area contributed by atoms with Crippen molar-refractivity contribution in [3.05, 3.63) is 46.5 Å². The zero-order chi connectivity index (χ0) is 16.9. The Bertz CT molecular complexity index is 548. The van der Waals surface area contributed by atoms with Gasteiger partial charge in [-0.05, 0) is 74.2 Å². The lowest BCUT2D eigenvalue weighted by Crippen LogP contribution is -1.83. The summed E-state index contributed by atoms with van der Waals surface area (Å²) in [6.07, 6.45) is 0. The van der Waals surface area contributed by atoms with E-state index in [9.17, 15) is 10.2 Å². The first-order chi connectivity index (χ1) is 10.4. The molecule has 2 N–H and O–H groups in total. The molecule has 0 unspecified atom stereocenters. The zero-order valence-electron chi connectivity index (χ0n) is 14.0. The molecule has 0 saturated carbocycles. The summed E-state index contributed by atoms with van der Waals surface area (Å²) in [4.78, 5) is 2.23. The lowest BCUT2D eigenvalue weighted by molar-refractivity contribution is 0.466. The van der Waals surface area contributed by atoms with Crippen molar-refractivity contribution in [1.82, 2.24) is 0 Å². The van der Waals surface area contributed by atoms with Crippen molar-refractivity contribution in [2.24, 2.45) is 0 Å². The molecule has 0 aliphatic carbocycles. The standard InChI is InChI=1S/C16H18O2S2.C2H6/c1-9-5-13(6-10(2)15(9)17)19-20-14-7-11(3)16(18)12(4)8-14;1-2/h5-8,17-18H,1-4H3;1-2H3. The van der Waals surface area contributed by atoms with Crippen molar-refractivity contribution in [1.29, 1.82) is 0 Å². The van der Waals surface area contributed by atoms with Crippen LogP contribution in [0.5, 0.6) is 11.5 Å². The fourth-order valence-electron chi connectivity index (χ4n) is 2.02. The van der Waals surface area contributed by atoms with Crippen LogP contribution < -0.4 is 0 Å². The quantitative estimate of drug-likeness (QED) is 0.659. The van der Waals surface area contributed by atoms with E-state index in [2.05, 4.69) is 0 Å². The van der Waals surface area contributed by atoms with E-state index in [0.29, 0.717) is 11.5 Å². The van der Waals surface area contributed by atoms with Crippen LogP contribution in [-0.4, -0.2) is 10.2 Å². The first-order valence-corrected chi connectivity index (χ1v) is 9.48. The second-order valence-electron chi connectivity index (χ2n) is 4.98. The molecule has 0 amide bonds. The van der Waals surface area contributed by atoms with Gasteiger partial charge in [-0.2, -0.15) is 0 Å².